The molecule has 2 saturated heterocycles. The van der Waals surface area contributed by atoms with Crippen LogP contribution < -0.4 is 16.0 Å². The van der Waals surface area contributed by atoms with Crippen LogP contribution in [-0.2, 0) is 4.79 Å². The summed E-state index contributed by atoms with van der Waals surface area (Å²) < 4.78 is 14.5. The zero-order valence-corrected chi connectivity index (χ0v) is 17.1. The van der Waals surface area contributed by atoms with Gasteiger partial charge in [-0.15, -0.1) is 0 Å². The van der Waals surface area contributed by atoms with Crippen LogP contribution in [0.2, 0.25) is 10.0 Å². The quantitative estimate of drug-likeness (QED) is 0.693. The van der Waals surface area contributed by atoms with Crippen molar-refractivity contribution in [1.82, 2.24) is 14.9 Å². The third-order valence-corrected chi connectivity index (χ3v) is 6.10. The maximum Gasteiger partial charge on any atom is 0.207 e. The van der Waals surface area contributed by atoms with Crippen LogP contribution >= 0.6 is 23.2 Å². The molecule has 0 bridgehead atoms. The lowest BCUT2D eigenvalue weighted by molar-refractivity contribution is -0.112. The van der Waals surface area contributed by atoms with Crippen molar-refractivity contribution in [3.8, 4) is 0 Å². The lowest BCUT2D eigenvalue weighted by Gasteiger charge is -2.41. The molecule has 2 fully saturated rings. The minimum atomic E-state index is -0.594. The van der Waals surface area contributed by atoms with Gasteiger partial charge in [0.05, 0.1) is 0 Å². The Kier molecular flexibility index (Phi) is 5.76. The molecule has 0 radical (unpaired) electrons. The number of carbonyl (C=O) groups excluding carboxylic acids is 1. The van der Waals surface area contributed by atoms with E-state index >= 15 is 0 Å². The number of likely N-dealkylation sites (tertiary alicyclic amines) is 1. The minimum absolute atomic E-state index is 0.0414. The number of hydrogen-bond acceptors (Lipinski definition) is 7. The third-order valence-electron chi connectivity index (χ3n) is 5.66. The molecule has 0 amide bonds. The molecule has 154 valence electrons. The summed E-state index contributed by atoms with van der Waals surface area (Å²) in [6.45, 7) is 2.05. The van der Waals surface area contributed by atoms with E-state index in [0.717, 1.165) is 25.7 Å². The van der Waals surface area contributed by atoms with Crippen LogP contribution in [0.3, 0.4) is 0 Å². The highest BCUT2D eigenvalue weighted by Crippen LogP contribution is 2.36. The first-order valence-electron chi connectivity index (χ1n) is 9.41. The molecule has 1 aromatic carbocycles. The number of halogens is 3. The normalized spacial score (nSPS) is 22.9. The maximum atomic E-state index is 14.5. The Morgan fingerprint density at radius 2 is 1.93 bits per heavy atom. The van der Waals surface area contributed by atoms with E-state index in [4.69, 9.17) is 28.9 Å². The molecular formula is C19H21Cl2FN6O. The lowest BCUT2D eigenvalue weighted by Crippen LogP contribution is -2.54. The zero-order chi connectivity index (χ0) is 20.5. The second kappa shape index (κ2) is 8.30. The number of benzene rings is 1. The number of piperidine rings is 1. The molecule has 0 aliphatic carbocycles. The molecule has 0 spiro atoms. The molecule has 2 aliphatic heterocycles. The van der Waals surface area contributed by atoms with Crippen LogP contribution in [0.15, 0.2) is 24.5 Å². The van der Waals surface area contributed by atoms with E-state index in [-0.39, 0.29) is 17.7 Å². The Hall–Kier alpha value is -2.16. The number of carbonyl (C=O) groups is 1. The molecule has 0 saturated carbocycles. The number of rotatable bonds is 5. The number of hydrogen-bond donors (Lipinski definition) is 2. The van der Waals surface area contributed by atoms with Crippen molar-refractivity contribution < 1.29 is 9.18 Å². The second-order valence-corrected chi connectivity index (χ2v) is 8.25. The van der Waals surface area contributed by atoms with E-state index < -0.39 is 12.0 Å². The van der Waals surface area contributed by atoms with Crippen molar-refractivity contribution in [2.45, 2.75) is 25.0 Å². The second-order valence-electron chi connectivity index (χ2n) is 7.37. The molecule has 10 heteroatoms. The van der Waals surface area contributed by atoms with Crippen LogP contribution in [0.5, 0.6) is 0 Å². The summed E-state index contributed by atoms with van der Waals surface area (Å²) in [5.74, 6) is -0.112. The van der Waals surface area contributed by atoms with E-state index in [9.17, 15) is 9.18 Å². The number of nitrogens with one attached hydrogen (secondary N) is 1. The van der Waals surface area contributed by atoms with Crippen LogP contribution in [-0.4, -0.2) is 53.0 Å². The van der Waals surface area contributed by atoms with Crippen molar-refractivity contribution in [1.29, 1.82) is 0 Å². The van der Waals surface area contributed by atoms with E-state index in [2.05, 4.69) is 15.3 Å². The van der Waals surface area contributed by atoms with Crippen LogP contribution in [0.25, 0.3) is 0 Å². The molecule has 2 aliphatic rings. The number of nitrogens with two attached hydrogens (primary N) is 1. The first-order chi connectivity index (χ1) is 14.0. The average Bonchev–Trinajstić information content (AvgIpc) is 3.10. The van der Waals surface area contributed by atoms with Gasteiger partial charge in [0.1, 0.15) is 12.5 Å². The molecule has 2 aromatic rings. The monoisotopic (exact) mass is 438 g/mol. The predicted molar refractivity (Wildman–Crippen MR) is 112 cm³/mol. The van der Waals surface area contributed by atoms with Gasteiger partial charge >= 0.3 is 0 Å². The van der Waals surface area contributed by atoms with Gasteiger partial charge in [-0.1, -0.05) is 23.2 Å². The average molecular weight is 439 g/mol. The highest BCUT2D eigenvalue weighted by atomic mass is 35.5. The lowest BCUT2D eigenvalue weighted by atomic mass is 9.92. The van der Waals surface area contributed by atoms with Gasteiger partial charge in [0.2, 0.25) is 5.82 Å². The molecule has 1 aromatic heterocycles. The number of anilines is 3. The topological polar surface area (TPSA) is 87.4 Å². The van der Waals surface area contributed by atoms with Crippen LogP contribution in [0.1, 0.15) is 12.8 Å². The summed E-state index contributed by atoms with van der Waals surface area (Å²) in [6, 6.07) is 5.11. The van der Waals surface area contributed by atoms with E-state index in [1.807, 2.05) is 9.80 Å². The Bertz CT molecular complexity index is 896. The highest BCUT2D eigenvalue weighted by Gasteiger charge is 2.41. The van der Waals surface area contributed by atoms with Crippen LogP contribution in [0, 0.1) is 11.7 Å². The molecule has 29 heavy (non-hydrogen) atoms. The summed E-state index contributed by atoms with van der Waals surface area (Å²) in [5.41, 5.74) is 6.29. The summed E-state index contributed by atoms with van der Waals surface area (Å²) >= 11 is 12.1. The number of fused-ring (bicyclic) bond motifs is 1. The van der Waals surface area contributed by atoms with Gasteiger partial charge in [-0.3, -0.25) is 9.69 Å². The van der Waals surface area contributed by atoms with E-state index in [1.165, 1.54) is 6.33 Å². The van der Waals surface area contributed by atoms with Crippen molar-refractivity contribution in [3.63, 3.8) is 0 Å². The highest BCUT2D eigenvalue weighted by molar-refractivity contribution is 6.35. The fourth-order valence-corrected chi connectivity index (χ4v) is 4.80. The fraction of sp³-hybridized carbons (Fsp3) is 0.421. The standard InChI is InChI=1S/C19H21Cl2FN6O/c20-12-5-13(21)7-14(6-12)26-16(9-29)27-3-1-11-2-4-28(15(11)8-27)19-17(22)18(23)24-10-25-19/h5-7,9-11,15-16,26H,1-4,8H2,(H2,23,24,25). The van der Waals surface area contributed by atoms with Gasteiger partial charge in [-0.25, -0.2) is 9.97 Å². The SMILES string of the molecule is Nc1ncnc(N2CCC3CCN(C(C=O)Nc4cc(Cl)cc(Cl)c4)CC32)c1F. The molecule has 3 unspecified atom stereocenters. The van der Waals surface area contributed by atoms with Crippen molar-refractivity contribution in [2.24, 2.45) is 5.92 Å². The number of nitrogen functional groups attached to an aromatic ring is 1. The van der Waals surface area contributed by atoms with E-state index in [0.29, 0.717) is 34.7 Å². The number of aldehydes is 1. The molecule has 3 atom stereocenters. The first kappa shape index (κ1) is 20.1. The number of aromatic nitrogens is 2. The van der Waals surface area contributed by atoms with Gasteiger partial charge in [0, 0.05) is 41.4 Å². The van der Waals surface area contributed by atoms with Gasteiger partial charge in [0.15, 0.2) is 17.9 Å². The minimum Gasteiger partial charge on any atom is -0.381 e. The van der Waals surface area contributed by atoms with Gasteiger partial charge in [-0.2, -0.15) is 4.39 Å². The van der Waals surface area contributed by atoms with Gasteiger partial charge < -0.3 is 16.0 Å². The summed E-state index contributed by atoms with van der Waals surface area (Å²) in [5, 5.41) is 4.16. The Balaban J connectivity index is 1.52. The first-order valence-corrected chi connectivity index (χ1v) is 10.2. The molecule has 3 heterocycles. The molecule has 3 N–H and O–H groups in total. The molecule has 4 rings (SSSR count). The van der Waals surface area contributed by atoms with E-state index in [1.54, 1.807) is 18.2 Å². The van der Waals surface area contributed by atoms with Crippen molar-refractivity contribution >= 4 is 46.8 Å². The predicted octanol–water partition coefficient (Wildman–Crippen LogP) is 3.04. The van der Waals surface area contributed by atoms with Crippen LogP contribution in [0.4, 0.5) is 21.7 Å². The maximum absolute atomic E-state index is 14.5. The molecular weight excluding hydrogens is 418 g/mol. The largest absolute Gasteiger partial charge is 0.381 e. The summed E-state index contributed by atoms with van der Waals surface area (Å²) in [4.78, 5) is 23.7. The zero-order valence-electron chi connectivity index (χ0n) is 15.6. The third kappa shape index (κ3) is 4.10. The Labute approximate surface area is 178 Å². The molecule has 7 nitrogen and oxygen atoms in total. The number of nitrogens with zero attached hydrogens (tertiary/aromatic N) is 4. The van der Waals surface area contributed by atoms with Crippen molar-refractivity contribution in [3.05, 3.63) is 40.4 Å². The van der Waals surface area contributed by atoms with Gasteiger partial charge in [-0.05, 0) is 37.0 Å². The Morgan fingerprint density at radius 3 is 2.66 bits per heavy atom. The van der Waals surface area contributed by atoms with Crippen molar-refractivity contribution in [2.75, 3.05) is 35.6 Å². The summed E-state index contributed by atoms with van der Waals surface area (Å²) in [7, 11) is 0. The Morgan fingerprint density at radius 1 is 1.21 bits per heavy atom. The van der Waals surface area contributed by atoms with Gasteiger partial charge in [0.25, 0.3) is 0 Å². The summed E-state index contributed by atoms with van der Waals surface area (Å²) in [6.07, 6.45) is 3.45. The fourth-order valence-electron chi connectivity index (χ4n) is 4.27. The smallest absolute Gasteiger partial charge is 0.207 e.